The summed E-state index contributed by atoms with van der Waals surface area (Å²) in [4.78, 5) is 26.8. The van der Waals surface area contributed by atoms with Crippen molar-refractivity contribution >= 4 is 45.5 Å². The number of nitrogens with zero attached hydrogens (tertiary/aromatic N) is 6. The number of rotatable bonds is 4. The second kappa shape index (κ2) is 7.22. The largest absolute Gasteiger partial charge is 0.364 e. The molecule has 1 aromatic heterocycles. The van der Waals surface area contributed by atoms with E-state index in [1.165, 1.54) is 0 Å². The van der Waals surface area contributed by atoms with Gasteiger partial charge in [-0.15, -0.1) is 0 Å². The van der Waals surface area contributed by atoms with Gasteiger partial charge in [0, 0.05) is 26.2 Å². The maximum Gasteiger partial charge on any atom is 0.328 e. The fraction of sp³-hybridized carbons (Fsp3) is 0.625. The van der Waals surface area contributed by atoms with Gasteiger partial charge in [0.1, 0.15) is 11.2 Å². The van der Waals surface area contributed by atoms with E-state index in [4.69, 9.17) is 0 Å². The quantitative estimate of drug-likeness (QED) is 0.573. The summed E-state index contributed by atoms with van der Waals surface area (Å²) in [6, 6.07) is 0. The standard InChI is InChI=1S/C16H20N6O4S/c23-21(24)14-12-11(17-27-18-12)13(19-7-3-1-4-8-19)16(22(25)26)15(14)20-9-5-2-6-10-20/h1-10H2. The maximum atomic E-state index is 12.2. The van der Waals surface area contributed by atoms with E-state index >= 15 is 0 Å². The summed E-state index contributed by atoms with van der Waals surface area (Å²) >= 11 is 0.866. The Balaban J connectivity index is 2.04. The van der Waals surface area contributed by atoms with Gasteiger partial charge < -0.3 is 9.80 Å². The molecule has 4 rings (SSSR count). The van der Waals surface area contributed by atoms with Crippen LogP contribution in [0.1, 0.15) is 38.5 Å². The molecule has 2 aliphatic rings. The minimum absolute atomic E-state index is 0.102. The number of anilines is 2. The van der Waals surface area contributed by atoms with Gasteiger partial charge in [0.05, 0.1) is 21.6 Å². The summed E-state index contributed by atoms with van der Waals surface area (Å²) in [5, 5.41) is 24.1. The first-order valence-corrected chi connectivity index (χ1v) is 9.93. The maximum absolute atomic E-state index is 12.2. The topological polar surface area (TPSA) is 119 Å². The van der Waals surface area contributed by atoms with Crippen LogP contribution < -0.4 is 9.80 Å². The van der Waals surface area contributed by atoms with Gasteiger partial charge in [0.2, 0.25) is 0 Å². The summed E-state index contributed by atoms with van der Waals surface area (Å²) in [5.74, 6) is 0. The fourth-order valence-electron chi connectivity index (χ4n) is 4.13. The third kappa shape index (κ3) is 3.05. The molecule has 1 aromatic carbocycles. The SMILES string of the molecule is O=[N+]([O-])c1c(N2CCCCC2)c([N+](=O)[O-])c2nsnc2c1N1CCCCC1. The molecule has 2 aromatic rings. The van der Waals surface area contributed by atoms with E-state index in [1.54, 1.807) is 4.90 Å². The first-order chi connectivity index (χ1) is 13.1. The zero-order valence-corrected chi connectivity index (χ0v) is 15.6. The Bertz CT molecular complexity index is 889. The number of fused-ring (bicyclic) bond motifs is 1. The van der Waals surface area contributed by atoms with Crippen molar-refractivity contribution in [3.8, 4) is 0 Å². The van der Waals surface area contributed by atoms with E-state index < -0.39 is 9.85 Å². The summed E-state index contributed by atoms with van der Waals surface area (Å²) in [7, 11) is 0. The van der Waals surface area contributed by atoms with Crippen LogP contribution in [0.4, 0.5) is 22.7 Å². The molecule has 27 heavy (non-hydrogen) atoms. The Hall–Kier alpha value is -2.56. The Labute approximate surface area is 159 Å². The number of piperidine rings is 2. The second-order valence-electron chi connectivity index (χ2n) is 6.97. The lowest BCUT2D eigenvalue weighted by atomic mass is 10.0. The molecule has 0 bridgehead atoms. The fourth-order valence-corrected chi connectivity index (χ4v) is 4.68. The van der Waals surface area contributed by atoms with Gasteiger partial charge in [-0.25, -0.2) is 0 Å². The molecule has 10 nitrogen and oxygen atoms in total. The van der Waals surface area contributed by atoms with Crippen molar-refractivity contribution in [2.45, 2.75) is 38.5 Å². The van der Waals surface area contributed by atoms with Gasteiger partial charge >= 0.3 is 11.4 Å². The van der Waals surface area contributed by atoms with Crippen molar-refractivity contribution in [1.29, 1.82) is 0 Å². The van der Waals surface area contributed by atoms with E-state index in [0.29, 0.717) is 31.9 Å². The van der Waals surface area contributed by atoms with Crippen LogP contribution in [0.25, 0.3) is 11.0 Å². The van der Waals surface area contributed by atoms with Gasteiger partial charge in [-0.3, -0.25) is 20.2 Å². The molecule has 3 heterocycles. The minimum Gasteiger partial charge on any atom is -0.364 e. The third-order valence-corrected chi connectivity index (χ3v) is 5.85. The predicted molar refractivity (Wildman–Crippen MR) is 103 cm³/mol. The number of benzene rings is 1. The zero-order valence-electron chi connectivity index (χ0n) is 14.8. The minimum atomic E-state index is -0.541. The molecule has 0 N–H and O–H groups in total. The van der Waals surface area contributed by atoms with E-state index in [1.807, 2.05) is 4.90 Å². The molecule has 0 atom stereocenters. The highest BCUT2D eigenvalue weighted by molar-refractivity contribution is 7.00. The number of hydrogen-bond acceptors (Lipinski definition) is 9. The van der Waals surface area contributed by atoms with Crippen molar-refractivity contribution < 1.29 is 9.85 Å². The van der Waals surface area contributed by atoms with Crippen molar-refractivity contribution in [2.75, 3.05) is 36.0 Å². The highest BCUT2D eigenvalue weighted by Gasteiger charge is 2.41. The molecule has 0 amide bonds. The lowest BCUT2D eigenvalue weighted by molar-refractivity contribution is -0.391. The molecule has 0 aliphatic carbocycles. The monoisotopic (exact) mass is 392 g/mol. The lowest BCUT2D eigenvalue weighted by Gasteiger charge is -2.32. The van der Waals surface area contributed by atoms with Crippen molar-refractivity contribution in [3.63, 3.8) is 0 Å². The van der Waals surface area contributed by atoms with Crippen molar-refractivity contribution in [2.24, 2.45) is 0 Å². The van der Waals surface area contributed by atoms with Crippen molar-refractivity contribution in [3.05, 3.63) is 20.2 Å². The molecule has 144 valence electrons. The average Bonchev–Trinajstić information content (AvgIpc) is 3.16. The predicted octanol–water partition coefficient (Wildman–Crippen LogP) is 3.49. The second-order valence-corrected chi connectivity index (χ2v) is 7.49. The van der Waals surface area contributed by atoms with Gasteiger partial charge in [0.25, 0.3) is 0 Å². The van der Waals surface area contributed by atoms with E-state index in [-0.39, 0.29) is 28.1 Å². The normalized spacial score (nSPS) is 18.1. The van der Waals surface area contributed by atoms with Crippen LogP contribution in [0.3, 0.4) is 0 Å². The molecular formula is C16H20N6O4S. The highest BCUT2D eigenvalue weighted by atomic mass is 32.1. The number of aromatic nitrogens is 2. The van der Waals surface area contributed by atoms with E-state index in [2.05, 4.69) is 8.75 Å². The molecule has 0 unspecified atom stereocenters. The Morgan fingerprint density at radius 2 is 1.19 bits per heavy atom. The number of hydrogen-bond donors (Lipinski definition) is 0. The highest BCUT2D eigenvalue weighted by Crippen LogP contribution is 2.50. The Morgan fingerprint density at radius 3 is 1.70 bits per heavy atom. The smallest absolute Gasteiger partial charge is 0.328 e. The van der Waals surface area contributed by atoms with Crippen LogP contribution >= 0.6 is 11.7 Å². The van der Waals surface area contributed by atoms with Gasteiger partial charge in [0.15, 0.2) is 11.2 Å². The van der Waals surface area contributed by atoms with E-state index in [9.17, 15) is 20.2 Å². The zero-order chi connectivity index (χ0) is 19.0. The average molecular weight is 392 g/mol. The molecule has 11 heteroatoms. The van der Waals surface area contributed by atoms with Crippen LogP contribution in [0.5, 0.6) is 0 Å². The third-order valence-electron chi connectivity index (χ3n) is 5.32. The first-order valence-electron chi connectivity index (χ1n) is 9.20. The molecule has 0 radical (unpaired) electrons. The summed E-state index contributed by atoms with van der Waals surface area (Å²) in [6.45, 7) is 2.52. The molecule has 0 spiro atoms. The van der Waals surface area contributed by atoms with Gasteiger partial charge in [-0.05, 0) is 38.5 Å². The van der Waals surface area contributed by atoms with Crippen LogP contribution in [-0.4, -0.2) is 44.8 Å². The first kappa shape index (κ1) is 17.8. The molecule has 2 fully saturated rings. The summed E-state index contributed by atoms with van der Waals surface area (Å²) in [5.41, 5.74) is 0.469. The molecule has 0 saturated carbocycles. The van der Waals surface area contributed by atoms with Gasteiger partial charge in [-0.2, -0.15) is 8.75 Å². The van der Waals surface area contributed by atoms with Crippen LogP contribution in [0.15, 0.2) is 0 Å². The summed E-state index contributed by atoms with van der Waals surface area (Å²) < 4.78 is 8.39. The molecule has 2 aliphatic heterocycles. The molecular weight excluding hydrogens is 372 g/mol. The van der Waals surface area contributed by atoms with Crippen molar-refractivity contribution in [1.82, 2.24) is 8.75 Å². The Morgan fingerprint density at radius 1 is 0.704 bits per heavy atom. The summed E-state index contributed by atoms with van der Waals surface area (Å²) in [6.07, 6.45) is 5.70. The van der Waals surface area contributed by atoms with Crippen LogP contribution in [0, 0.1) is 20.2 Å². The lowest BCUT2D eigenvalue weighted by Crippen LogP contribution is -2.33. The van der Waals surface area contributed by atoms with Gasteiger partial charge in [-0.1, -0.05) is 0 Å². The van der Waals surface area contributed by atoms with Crippen LogP contribution in [-0.2, 0) is 0 Å². The number of nitro benzene ring substituents is 2. The Kier molecular flexibility index (Phi) is 4.77. The van der Waals surface area contributed by atoms with Crippen LogP contribution in [0.2, 0.25) is 0 Å². The number of nitro groups is 2. The molecule has 2 saturated heterocycles. The van der Waals surface area contributed by atoms with E-state index in [0.717, 1.165) is 50.3 Å².